The van der Waals surface area contributed by atoms with Crippen LogP contribution in [0.1, 0.15) is 19.3 Å². The first-order chi connectivity index (χ1) is 11.3. The van der Waals surface area contributed by atoms with Crippen LogP contribution >= 0.6 is 11.8 Å². The summed E-state index contributed by atoms with van der Waals surface area (Å²) in [7, 11) is 5.62. The second-order valence-electron chi connectivity index (χ2n) is 7.37. The average Bonchev–Trinajstić information content (AvgIpc) is 3.05. The number of hydrogen-bond acceptors (Lipinski definition) is 6. The van der Waals surface area contributed by atoms with Crippen LogP contribution in [0.5, 0.6) is 0 Å². The Morgan fingerprint density at radius 2 is 2.08 bits per heavy atom. The normalized spacial score (nSPS) is 36.2. The van der Waals surface area contributed by atoms with E-state index < -0.39 is 0 Å². The van der Waals surface area contributed by atoms with E-state index in [1.54, 1.807) is 30.8 Å². The number of likely N-dealkylation sites (N-methyl/N-ethyl adjacent to an activating group) is 1. The lowest BCUT2D eigenvalue weighted by molar-refractivity contribution is -0.134. The van der Waals surface area contributed by atoms with E-state index in [-0.39, 0.29) is 35.9 Å². The van der Waals surface area contributed by atoms with Gasteiger partial charge in [-0.25, -0.2) is 0 Å². The van der Waals surface area contributed by atoms with Gasteiger partial charge in [-0.3, -0.25) is 14.6 Å². The number of nitrogens with one attached hydrogen (secondary N) is 1. The second kappa shape index (κ2) is 7.01. The number of carbonyl (C=O) groups excluding carboxylic acids is 2. The molecule has 2 heterocycles. The molecule has 7 nitrogen and oxygen atoms in total. The molecule has 2 aliphatic heterocycles. The lowest BCUT2D eigenvalue weighted by Gasteiger charge is -2.34. The molecule has 0 radical (unpaired) electrons. The van der Waals surface area contributed by atoms with Crippen LogP contribution in [0, 0.1) is 5.92 Å². The Morgan fingerprint density at radius 3 is 2.75 bits per heavy atom. The molecule has 5 atom stereocenters. The van der Waals surface area contributed by atoms with E-state index in [0.717, 1.165) is 25.9 Å². The van der Waals surface area contributed by atoms with Gasteiger partial charge in [-0.05, 0) is 26.3 Å². The molecule has 24 heavy (non-hydrogen) atoms. The topological polar surface area (TPSA) is 91.0 Å². The minimum atomic E-state index is -0.161. The fourth-order valence-corrected chi connectivity index (χ4v) is 5.08. The molecule has 3 rings (SSSR count). The van der Waals surface area contributed by atoms with Crippen molar-refractivity contribution in [3.8, 4) is 0 Å². The van der Waals surface area contributed by atoms with Crippen molar-refractivity contribution in [3.63, 3.8) is 0 Å². The van der Waals surface area contributed by atoms with Gasteiger partial charge in [0, 0.05) is 50.4 Å². The third-order valence-electron chi connectivity index (χ3n) is 5.17. The summed E-state index contributed by atoms with van der Waals surface area (Å²) in [4.78, 5) is 33.2. The Kier molecular flexibility index (Phi) is 5.17. The van der Waals surface area contributed by atoms with Gasteiger partial charge in [0.25, 0.3) is 5.91 Å². The zero-order valence-corrected chi connectivity index (χ0v) is 15.4. The van der Waals surface area contributed by atoms with E-state index in [0.29, 0.717) is 16.7 Å². The molecule has 0 aromatic heterocycles. The Bertz CT molecular complexity index is 553. The van der Waals surface area contributed by atoms with Crippen LogP contribution in [0.2, 0.25) is 0 Å². The van der Waals surface area contributed by atoms with Crippen LogP contribution in [0.25, 0.3) is 0 Å². The summed E-state index contributed by atoms with van der Waals surface area (Å²) in [6.07, 6.45) is 2.15. The van der Waals surface area contributed by atoms with Crippen LogP contribution in [0.15, 0.2) is 4.99 Å². The highest BCUT2D eigenvalue weighted by Gasteiger charge is 2.40. The Labute approximate surface area is 147 Å². The standard InChI is InChI=1S/C16H27N5O2S/c1-20(2)16(23)9-4-5-10(17)11(6-9)18-14(22)15-19-12-7-21(3)8-13(12)24-15/h9-13H,4-8,17H2,1-3H3,(H,18,22)/t9-,10-,11+,12?,13?/m0/s1. The van der Waals surface area contributed by atoms with Gasteiger partial charge in [-0.1, -0.05) is 11.8 Å². The largest absolute Gasteiger partial charge is 0.349 e. The molecular formula is C16H27N5O2S. The van der Waals surface area contributed by atoms with Gasteiger partial charge in [0.15, 0.2) is 5.04 Å². The van der Waals surface area contributed by atoms with Crippen molar-refractivity contribution in [1.29, 1.82) is 0 Å². The fourth-order valence-electron chi connectivity index (χ4n) is 3.80. The van der Waals surface area contributed by atoms with Crippen LogP contribution in [-0.2, 0) is 9.59 Å². The molecule has 2 amide bonds. The van der Waals surface area contributed by atoms with Gasteiger partial charge in [0.05, 0.1) is 6.04 Å². The molecule has 3 aliphatic rings. The number of fused-ring (bicyclic) bond motifs is 1. The minimum Gasteiger partial charge on any atom is -0.349 e. The highest BCUT2D eigenvalue weighted by atomic mass is 32.2. The maximum absolute atomic E-state index is 12.6. The van der Waals surface area contributed by atoms with Gasteiger partial charge in [0.2, 0.25) is 5.91 Å². The van der Waals surface area contributed by atoms with Crippen molar-refractivity contribution >= 4 is 28.6 Å². The predicted octanol–water partition coefficient (Wildman–Crippen LogP) is -0.485. The van der Waals surface area contributed by atoms with Gasteiger partial charge in [-0.2, -0.15) is 0 Å². The van der Waals surface area contributed by atoms with E-state index in [1.165, 1.54) is 0 Å². The van der Waals surface area contributed by atoms with Crippen molar-refractivity contribution in [2.24, 2.45) is 16.6 Å². The summed E-state index contributed by atoms with van der Waals surface area (Å²) < 4.78 is 0. The maximum Gasteiger partial charge on any atom is 0.276 e. The highest BCUT2D eigenvalue weighted by Crippen LogP contribution is 2.32. The maximum atomic E-state index is 12.6. The summed E-state index contributed by atoms with van der Waals surface area (Å²) >= 11 is 1.58. The van der Waals surface area contributed by atoms with E-state index in [1.807, 2.05) is 0 Å². The number of hydrogen-bond donors (Lipinski definition) is 2. The summed E-state index contributed by atoms with van der Waals surface area (Å²) in [5.41, 5.74) is 6.18. The molecule has 8 heteroatoms. The van der Waals surface area contributed by atoms with Crippen LogP contribution in [0.3, 0.4) is 0 Å². The second-order valence-corrected chi connectivity index (χ2v) is 8.59. The van der Waals surface area contributed by atoms with Gasteiger partial charge in [-0.15, -0.1) is 0 Å². The van der Waals surface area contributed by atoms with Crippen molar-refractivity contribution < 1.29 is 9.59 Å². The fraction of sp³-hybridized carbons (Fsp3) is 0.812. The van der Waals surface area contributed by atoms with Crippen molar-refractivity contribution in [2.75, 3.05) is 34.2 Å². The molecule has 1 aliphatic carbocycles. The number of thioether (sulfide) groups is 1. The molecular weight excluding hydrogens is 326 g/mol. The Hall–Kier alpha value is -1.12. The molecule has 2 unspecified atom stereocenters. The van der Waals surface area contributed by atoms with E-state index in [2.05, 4.69) is 22.3 Å². The Morgan fingerprint density at radius 1 is 1.33 bits per heavy atom. The number of likely N-dealkylation sites (tertiary alicyclic amines) is 1. The van der Waals surface area contributed by atoms with E-state index in [4.69, 9.17) is 5.73 Å². The summed E-state index contributed by atoms with van der Waals surface area (Å²) in [5, 5.41) is 4.00. The van der Waals surface area contributed by atoms with Crippen LogP contribution in [0.4, 0.5) is 0 Å². The Balaban J connectivity index is 1.59. The molecule has 0 spiro atoms. The lowest BCUT2D eigenvalue weighted by Crippen LogP contribution is -2.53. The zero-order valence-electron chi connectivity index (χ0n) is 14.6. The number of aliphatic imine (C=N–C) groups is 1. The predicted molar refractivity (Wildman–Crippen MR) is 96.0 cm³/mol. The number of nitrogens with zero attached hydrogens (tertiary/aromatic N) is 3. The first-order valence-corrected chi connectivity index (χ1v) is 9.43. The van der Waals surface area contributed by atoms with Crippen LogP contribution in [-0.4, -0.2) is 84.3 Å². The molecule has 0 aromatic carbocycles. The molecule has 1 saturated heterocycles. The minimum absolute atomic E-state index is 0.0590. The molecule has 0 aromatic rings. The first-order valence-electron chi connectivity index (χ1n) is 8.55. The first kappa shape index (κ1) is 17.7. The van der Waals surface area contributed by atoms with E-state index >= 15 is 0 Å². The molecule has 0 bridgehead atoms. The quantitative estimate of drug-likeness (QED) is 0.715. The monoisotopic (exact) mass is 353 g/mol. The molecule has 1 saturated carbocycles. The molecule has 3 N–H and O–H groups in total. The van der Waals surface area contributed by atoms with Crippen molar-refractivity contribution in [2.45, 2.75) is 42.6 Å². The number of amides is 2. The van der Waals surface area contributed by atoms with E-state index in [9.17, 15) is 9.59 Å². The van der Waals surface area contributed by atoms with Gasteiger partial charge < -0.3 is 20.9 Å². The summed E-state index contributed by atoms with van der Waals surface area (Å²) in [6, 6.07) is -0.0341. The highest BCUT2D eigenvalue weighted by molar-refractivity contribution is 8.16. The third kappa shape index (κ3) is 3.60. The van der Waals surface area contributed by atoms with Crippen LogP contribution < -0.4 is 11.1 Å². The molecule has 134 valence electrons. The SMILES string of the molecule is CN1CC2N=C(C(=O)N[C@@H]3C[C@@H](C(=O)N(C)C)CC[C@@H]3N)SC2C1. The van der Waals surface area contributed by atoms with Crippen molar-refractivity contribution in [1.82, 2.24) is 15.1 Å². The summed E-state index contributed by atoms with van der Waals surface area (Å²) in [5.74, 6) is -0.0712. The van der Waals surface area contributed by atoms with Gasteiger partial charge in [0.1, 0.15) is 0 Å². The van der Waals surface area contributed by atoms with Gasteiger partial charge >= 0.3 is 0 Å². The smallest absolute Gasteiger partial charge is 0.276 e. The number of nitrogens with two attached hydrogens (primary N) is 1. The van der Waals surface area contributed by atoms with Crippen molar-refractivity contribution in [3.05, 3.63) is 0 Å². The average molecular weight is 353 g/mol. The number of carbonyl (C=O) groups is 2. The lowest BCUT2D eigenvalue weighted by atomic mass is 9.82. The number of rotatable bonds is 3. The zero-order chi connectivity index (χ0) is 17.4. The third-order valence-corrected chi connectivity index (χ3v) is 6.45. The summed E-state index contributed by atoms with van der Waals surface area (Å²) in [6.45, 7) is 1.88. The molecule has 2 fully saturated rings.